The quantitative estimate of drug-likeness (QED) is 0.367. The van der Waals surface area contributed by atoms with E-state index in [0.717, 1.165) is 18.7 Å². The van der Waals surface area contributed by atoms with Gasteiger partial charge in [-0.2, -0.15) is 4.31 Å². The van der Waals surface area contributed by atoms with E-state index >= 15 is 0 Å². The van der Waals surface area contributed by atoms with Crippen molar-refractivity contribution in [2.45, 2.75) is 37.8 Å². The van der Waals surface area contributed by atoms with Crippen LogP contribution in [-0.2, 0) is 16.6 Å². The Hall–Kier alpha value is -0.910. The number of aliphatic imine (C=N–C) groups is 1. The van der Waals surface area contributed by atoms with E-state index in [-0.39, 0.29) is 29.5 Å². The number of hydrogen-bond donors (Lipinski definition) is 2. The van der Waals surface area contributed by atoms with Gasteiger partial charge in [0.2, 0.25) is 10.0 Å². The fourth-order valence-electron chi connectivity index (χ4n) is 2.78. The van der Waals surface area contributed by atoms with Crippen molar-refractivity contribution in [1.29, 1.82) is 0 Å². The standard InChI is InChI=1S/C18H31N5O2S.HI/c1-18(2,3)21-17(19-4)20-14-15-8-6-7-9-16(15)26(24,25)23-12-10-22(5)11-13-23;/h6-9H,10-14H2,1-5H3,(H2,19,20,21);1H. The normalized spacial score (nSPS) is 17.3. The summed E-state index contributed by atoms with van der Waals surface area (Å²) in [6.07, 6.45) is 0. The maximum absolute atomic E-state index is 13.1. The summed E-state index contributed by atoms with van der Waals surface area (Å²) in [4.78, 5) is 6.71. The van der Waals surface area contributed by atoms with Crippen molar-refractivity contribution < 1.29 is 8.42 Å². The minimum Gasteiger partial charge on any atom is -0.352 e. The number of guanidine groups is 1. The summed E-state index contributed by atoms with van der Waals surface area (Å²) in [5, 5.41) is 6.49. The van der Waals surface area contributed by atoms with Crippen LogP contribution in [0.4, 0.5) is 0 Å². The van der Waals surface area contributed by atoms with Crippen molar-refractivity contribution in [2.75, 3.05) is 40.3 Å². The highest BCUT2D eigenvalue weighted by Gasteiger charge is 2.29. The average molecular weight is 509 g/mol. The van der Waals surface area contributed by atoms with E-state index in [4.69, 9.17) is 0 Å². The summed E-state index contributed by atoms with van der Waals surface area (Å²) in [7, 11) is 0.212. The van der Waals surface area contributed by atoms with Gasteiger partial charge in [0.05, 0.1) is 4.90 Å². The van der Waals surface area contributed by atoms with Gasteiger partial charge < -0.3 is 15.5 Å². The lowest BCUT2D eigenvalue weighted by Gasteiger charge is -2.32. The van der Waals surface area contributed by atoms with Crippen molar-refractivity contribution in [3.63, 3.8) is 0 Å². The number of nitrogens with one attached hydrogen (secondary N) is 2. The average Bonchev–Trinajstić information content (AvgIpc) is 2.58. The van der Waals surface area contributed by atoms with E-state index in [1.807, 2.05) is 40.0 Å². The summed E-state index contributed by atoms with van der Waals surface area (Å²) < 4.78 is 27.8. The molecule has 0 radical (unpaired) electrons. The molecule has 9 heteroatoms. The van der Waals surface area contributed by atoms with Gasteiger partial charge in [0, 0.05) is 45.3 Å². The van der Waals surface area contributed by atoms with E-state index in [2.05, 4.69) is 20.5 Å². The Morgan fingerprint density at radius 2 is 1.74 bits per heavy atom. The number of hydrogen-bond acceptors (Lipinski definition) is 4. The molecule has 1 fully saturated rings. The van der Waals surface area contributed by atoms with Gasteiger partial charge in [0.1, 0.15) is 0 Å². The van der Waals surface area contributed by atoms with Gasteiger partial charge >= 0.3 is 0 Å². The number of piperazine rings is 1. The molecule has 1 aliphatic rings. The highest BCUT2D eigenvalue weighted by Crippen LogP contribution is 2.21. The van der Waals surface area contributed by atoms with Gasteiger partial charge in [-0.05, 0) is 39.4 Å². The molecule has 1 heterocycles. The lowest BCUT2D eigenvalue weighted by molar-refractivity contribution is 0.222. The van der Waals surface area contributed by atoms with Crippen LogP contribution in [0, 0.1) is 0 Å². The molecule has 0 aliphatic carbocycles. The maximum Gasteiger partial charge on any atom is 0.243 e. The number of benzene rings is 1. The summed E-state index contributed by atoms with van der Waals surface area (Å²) >= 11 is 0. The number of rotatable bonds is 4. The molecule has 154 valence electrons. The molecule has 2 N–H and O–H groups in total. The minimum atomic E-state index is -3.50. The SMILES string of the molecule is CN=C(NCc1ccccc1S(=O)(=O)N1CCN(C)CC1)NC(C)(C)C.I. The lowest BCUT2D eigenvalue weighted by atomic mass is 10.1. The molecule has 0 bridgehead atoms. The van der Waals surface area contributed by atoms with E-state index in [1.54, 1.807) is 23.5 Å². The molecule has 27 heavy (non-hydrogen) atoms. The topological polar surface area (TPSA) is 77.0 Å². The zero-order chi connectivity index (χ0) is 19.4. The van der Waals surface area contributed by atoms with Crippen LogP contribution in [0.5, 0.6) is 0 Å². The van der Waals surface area contributed by atoms with Crippen molar-refractivity contribution in [3.05, 3.63) is 29.8 Å². The van der Waals surface area contributed by atoms with Crippen LogP contribution in [0.2, 0.25) is 0 Å². The summed E-state index contributed by atoms with van der Waals surface area (Å²) in [5.41, 5.74) is 0.607. The molecule has 2 rings (SSSR count). The van der Waals surface area contributed by atoms with Crippen molar-refractivity contribution in [3.8, 4) is 0 Å². The van der Waals surface area contributed by atoms with Gasteiger partial charge in [-0.15, -0.1) is 24.0 Å². The summed E-state index contributed by atoms with van der Waals surface area (Å²) in [5.74, 6) is 0.643. The first kappa shape index (κ1) is 24.1. The highest BCUT2D eigenvalue weighted by atomic mass is 127. The first-order valence-electron chi connectivity index (χ1n) is 8.89. The van der Waals surface area contributed by atoms with Gasteiger partial charge in [0.25, 0.3) is 0 Å². The molecule has 1 aromatic carbocycles. The Kier molecular flexibility index (Phi) is 8.97. The van der Waals surface area contributed by atoms with Gasteiger partial charge in [-0.1, -0.05) is 18.2 Å². The Morgan fingerprint density at radius 1 is 1.15 bits per heavy atom. The highest BCUT2D eigenvalue weighted by molar-refractivity contribution is 14.0. The van der Waals surface area contributed by atoms with Crippen LogP contribution >= 0.6 is 24.0 Å². The summed E-state index contributed by atoms with van der Waals surface area (Å²) in [6, 6.07) is 7.17. The molecule has 0 saturated carbocycles. The smallest absolute Gasteiger partial charge is 0.243 e. The number of nitrogens with zero attached hydrogens (tertiary/aromatic N) is 3. The predicted molar refractivity (Wildman–Crippen MR) is 121 cm³/mol. The van der Waals surface area contributed by atoms with E-state index in [0.29, 0.717) is 30.5 Å². The maximum atomic E-state index is 13.1. The molecule has 1 aliphatic heterocycles. The second-order valence-corrected chi connectivity index (χ2v) is 9.52. The van der Waals surface area contributed by atoms with Crippen LogP contribution < -0.4 is 10.6 Å². The third-order valence-electron chi connectivity index (χ3n) is 4.22. The van der Waals surface area contributed by atoms with Crippen LogP contribution in [0.1, 0.15) is 26.3 Å². The molecule has 1 saturated heterocycles. The van der Waals surface area contributed by atoms with Crippen LogP contribution in [0.15, 0.2) is 34.2 Å². The fraction of sp³-hybridized carbons (Fsp3) is 0.611. The number of halogens is 1. The Labute approximate surface area is 180 Å². The number of sulfonamides is 1. The van der Waals surface area contributed by atoms with Crippen molar-refractivity contribution in [2.24, 2.45) is 4.99 Å². The molecule has 0 aromatic heterocycles. The molecule has 0 spiro atoms. The second-order valence-electron chi connectivity index (χ2n) is 7.62. The van der Waals surface area contributed by atoms with E-state index < -0.39 is 10.0 Å². The molecule has 0 amide bonds. The largest absolute Gasteiger partial charge is 0.352 e. The zero-order valence-corrected chi connectivity index (χ0v) is 20.0. The lowest BCUT2D eigenvalue weighted by Crippen LogP contribution is -2.48. The van der Waals surface area contributed by atoms with Crippen LogP contribution in [-0.4, -0.2) is 69.4 Å². The molecular weight excluding hydrogens is 477 g/mol. The molecular formula is C18H32IN5O2S. The van der Waals surface area contributed by atoms with Crippen molar-refractivity contribution >= 4 is 40.0 Å². The molecule has 0 unspecified atom stereocenters. The van der Waals surface area contributed by atoms with Gasteiger partial charge in [0.15, 0.2) is 5.96 Å². The predicted octanol–water partition coefficient (Wildman–Crippen LogP) is 1.70. The molecule has 0 atom stereocenters. The van der Waals surface area contributed by atoms with Gasteiger partial charge in [-0.3, -0.25) is 4.99 Å². The second kappa shape index (κ2) is 10.0. The van der Waals surface area contributed by atoms with Gasteiger partial charge in [-0.25, -0.2) is 8.42 Å². The summed E-state index contributed by atoms with van der Waals surface area (Å²) in [6.45, 7) is 9.08. The van der Waals surface area contributed by atoms with Crippen LogP contribution in [0.25, 0.3) is 0 Å². The molecule has 1 aromatic rings. The first-order valence-corrected chi connectivity index (χ1v) is 10.3. The zero-order valence-electron chi connectivity index (χ0n) is 16.8. The van der Waals surface area contributed by atoms with E-state index in [9.17, 15) is 8.42 Å². The van der Waals surface area contributed by atoms with Crippen LogP contribution in [0.3, 0.4) is 0 Å². The first-order chi connectivity index (χ1) is 12.1. The third kappa shape index (κ3) is 6.88. The molecule has 7 nitrogen and oxygen atoms in total. The Bertz CT molecular complexity index is 738. The monoisotopic (exact) mass is 509 g/mol. The Balaban J connectivity index is 0.00000364. The third-order valence-corrected chi connectivity index (χ3v) is 6.22. The minimum absolute atomic E-state index is 0. The fourth-order valence-corrected chi connectivity index (χ4v) is 4.43. The number of likely N-dealkylation sites (N-methyl/N-ethyl adjacent to an activating group) is 1. The van der Waals surface area contributed by atoms with Crippen molar-refractivity contribution in [1.82, 2.24) is 19.8 Å². The Morgan fingerprint density at radius 3 is 2.30 bits per heavy atom. The van der Waals surface area contributed by atoms with E-state index in [1.165, 1.54) is 0 Å².